The van der Waals surface area contributed by atoms with Gasteiger partial charge in [0.15, 0.2) is 5.82 Å². The summed E-state index contributed by atoms with van der Waals surface area (Å²) in [6.07, 6.45) is -2.72. The van der Waals surface area contributed by atoms with Crippen LogP contribution in [0.15, 0.2) is 18.2 Å². The zero-order valence-corrected chi connectivity index (χ0v) is 17.4. The van der Waals surface area contributed by atoms with Crippen LogP contribution in [0.3, 0.4) is 0 Å². The van der Waals surface area contributed by atoms with Gasteiger partial charge in [0.25, 0.3) is 22.5 Å². The van der Waals surface area contributed by atoms with E-state index in [0.29, 0.717) is 42.8 Å². The second-order valence-corrected chi connectivity index (χ2v) is 9.48. The molecule has 30 heavy (non-hydrogen) atoms. The van der Waals surface area contributed by atoms with E-state index in [2.05, 4.69) is 14.9 Å². The molecule has 0 radical (unpaired) electrons. The third-order valence-corrected chi connectivity index (χ3v) is 7.63. The van der Waals surface area contributed by atoms with Crippen molar-refractivity contribution in [2.75, 3.05) is 59.4 Å². The number of imidazole rings is 1. The third-order valence-electron chi connectivity index (χ3n) is 5.59. The molecule has 12 heteroatoms. The van der Waals surface area contributed by atoms with Gasteiger partial charge in [-0.3, -0.25) is 4.79 Å². The van der Waals surface area contributed by atoms with E-state index in [1.165, 1.54) is 20.7 Å². The Kier molecular flexibility index (Phi) is 5.75. The summed E-state index contributed by atoms with van der Waals surface area (Å²) >= 11 is 0. The van der Waals surface area contributed by atoms with Crippen LogP contribution < -0.4 is 0 Å². The molecule has 0 bridgehead atoms. The molecule has 0 unspecified atom stereocenters. The molecule has 1 aromatic heterocycles. The number of amides is 1. The van der Waals surface area contributed by atoms with E-state index < -0.39 is 22.5 Å². The first-order valence-electron chi connectivity index (χ1n) is 9.76. The minimum Gasteiger partial charge on any atom is -0.337 e. The number of piperazine rings is 2. The number of rotatable bonds is 4. The molecule has 9 nitrogen and oxygen atoms in total. The summed E-state index contributed by atoms with van der Waals surface area (Å²) in [4.78, 5) is 22.8. The summed E-state index contributed by atoms with van der Waals surface area (Å²) < 4.78 is 54.3. The molecular weight excluding hydrogens is 418 g/mol. The molecule has 2 saturated heterocycles. The van der Waals surface area contributed by atoms with Crippen LogP contribution in [0.5, 0.6) is 0 Å². The van der Waals surface area contributed by atoms with E-state index in [4.69, 9.17) is 0 Å². The van der Waals surface area contributed by atoms with Gasteiger partial charge in [-0.2, -0.15) is 17.0 Å². The SMILES string of the molecule is CN1CCN(S(=O)(=O)N2CCN(C(=O)c3ccc4nc(C(F)F)[nH]c4c3)CC2)CC1. The van der Waals surface area contributed by atoms with Gasteiger partial charge in [0.1, 0.15) is 0 Å². The largest absolute Gasteiger partial charge is 0.337 e. The Morgan fingerprint density at radius 2 is 1.63 bits per heavy atom. The number of hydrogen-bond acceptors (Lipinski definition) is 5. The van der Waals surface area contributed by atoms with Gasteiger partial charge in [-0.05, 0) is 25.2 Å². The predicted octanol–water partition coefficient (Wildman–Crippen LogP) is 0.751. The molecule has 2 aromatic rings. The van der Waals surface area contributed by atoms with Crippen molar-refractivity contribution in [3.63, 3.8) is 0 Å². The van der Waals surface area contributed by atoms with Gasteiger partial charge < -0.3 is 14.8 Å². The maximum absolute atomic E-state index is 12.9. The fourth-order valence-corrected chi connectivity index (χ4v) is 5.33. The summed E-state index contributed by atoms with van der Waals surface area (Å²) in [5.74, 6) is -0.695. The Balaban J connectivity index is 1.41. The van der Waals surface area contributed by atoms with Crippen LogP contribution >= 0.6 is 0 Å². The number of aromatic amines is 1. The Labute approximate surface area is 173 Å². The van der Waals surface area contributed by atoms with Gasteiger partial charge >= 0.3 is 0 Å². The van der Waals surface area contributed by atoms with Crippen LogP contribution in [-0.4, -0.2) is 102 Å². The van der Waals surface area contributed by atoms with Crippen molar-refractivity contribution in [3.05, 3.63) is 29.6 Å². The molecule has 1 N–H and O–H groups in total. The second-order valence-electron chi connectivity index (χ2n) is 7.56. The van der Waals surface area contributed by atoms with Gasteiger partial charge in [0, 0.05) is 57.9 Å². The average Bonchev–Trinajstić information content (AvgIpc) is 3.17. The first-order valence-corrected chi connectivity index (χ1v) is 11.2. The normalized spacial score (nSPS) is 20.3. The van der Waals surface area contributed by atoms with Crippen molar-refractivity contribution in [1.29, 1.82) is 0 Å². The van der Waals surface area contributed by atoms with Crippen molar-refractivity contribution in [2.24, 2.45) is 0 Å². The number of nitrogens with zero attached hydrogens (tertiary/aromatic N) is 5. The Bertz CT molecular complexity index is 1030. The minimum atomic E-state index is -3.54. The number of carbonyl (C=O) groups is 1. The lowest BCUT2D eigenvalue weighted by atomic mass is 10.1. The quantitative estimate of drug-likeness (QED) is 0.755. The Hall–Kier alpha value is -2.15. The number of carbonyl (C=O) groups excluding carboxylic acids is 1. The van der Waals surface area contributed by atoms with E-state index in [9.17, 15) is 22.0 Å². The lowest BCUT2D eigenvalue weighted by Gasteiger charge is -2.39. The molecule has 0 spiro atoms. The summed E-state index contributed by atoms with van der Waals surface area (Å²) in [7, 11) is -1.58. The molecule has 0 aliphatic carbocycles. The van der Waals surface area contributed by atoms with Gasteiger partial charge in [0.05, 0.1) is 11.0 Å². The highest BCUT2D eigenvalue weighted by Gasteiger charge is 2.34. The number of nitrogens with one attached hydrogen (secondary N) is 1. The zero-order valence-electron chi connectivity index (χ0n) is 16.6. The molecule has 1 amide bonds. The summed E-state index contributed by atoms with van der Waals surface area (Å²) in [5, 5.41) is 0. The van der Waals surface area contributed by atoms with Crippen LogP contribution in [0, 0.1) is 0 Å². The maximum atomic E-state index is 12.9. The lowest BCUT2D eigenvalue weighted by Crippen LogP contribution is -2.57. The van der Waals surface area contributed by atoms with E-state index >= 15 is 0 Å². The summed E-state index contributed by atoms with van der Waals surface area (Å²) in [6.45, 7) is 3.31. The molecule has 2 aliphatic rings. The summed E-state index contributed by atoms with van der Waals surface area (Å²) in [6, 6.07) is 4.58. The van der Waals surface area contributed by atoms with Crippen LogP contribution in [-0.2, 0) is 10.2 Å². The Morgan fingerprint density at radius 1 is 1.03 bits per heavy atom. The smallest absolute Gasteiger partial charge is 0.295 e. The number of likely N-dealkylation sites (N-methyl/N-ethyl adjacent to an activating group) is 1. The number of fused-ring (bicyclic) bond motifs is 1. The van der Waals surface area contributed by atoms with E-state index in [1.807, 2.05) is 7.05 Å². The van der Waals surface area contributed by atoms with Crippen LogP contribution in [0.2, 0.25) is 0 Å². The van der Waals surface area contributed by atoms with Gasteiger partial charge in [-0.15, -0.1) is 0 Å². The van der Waals surface area contributed by atoms with E-state index in [1.54, 1.807) is 11.0 Å². The maximum Gasteiger partial charge on any atom is 0.295 e. The zero-order chi connectivity index (χ0) is 21.5. The molecule has 0 atom stereocenters. The summed E-state index contributed by atoms with van der Waals surface area (Å²) in [5.41, 5.74) is 1.08. The second kappa shape index (κ2) is 8.17. The van der Waals surface area contributed by atoms with Gasteiger partial charge in [-0.1, -0.05) is 0 Å². The number of benzene rings is 1. The highest BCUT2D eigenvalue weighted by atomic mass is 32.2. The topological polar surface area (TPSA) is 92.9 Å². The van der Waals surface area contributed by atoms with E-state index in [0.717, 1.165) is 0 Å². The van der Waals surface area contributed by atoms with Crippen LogP contribution in [0.1, 0.15) is 22.6 Å². The van der Waals surface area contributed by atoms with E-state index in [-0.39, 0.29) is 32.1 Å². The highest BCUT2D eigenvalue weighted by molar-refractivity contribution is 7.86. The average molecular weight is 442 g/mol. The van der Waals surface area contributed by atoms with Crippen LogP contribution in [0.25, 0.3) is 11.0 Å². The highest BCUT2D eigenvalue weighted by Crippen LogP contribution is 2.22. The van der Waals surface area contributed by atoms with Crippen molar-refractivity contribution in [3.8, 4) is 0 Å². The van der Waals surface area contributed by atoms with Gasteiger partial charge in [0.2, 0.25) is 0 Å². The molecule has 3 heterocycles. The standard InChI is InChI=1S/C18H24F2N6O3S/c1-23-4-8-25(9-5-23)30(28,29)26-10-6-24(7-11-26)18(27)13-2-3-14-15(12-13)22-17(21-14)16(19)20/h2-3,12,16H,4-11H2,1H3,(H,21,22). The molecule has 2 aliphatic heterocycles. The Morgan fingerprint density at radius 3 is 2.23 bits per heavy atom. The van der Waals surface area contributed by atoms with Crippen molar-refractivity contribution < 1.29 is 22.0 Å². The van der Waals surface area contributed by atoms with Gasteiger partial charge in [-0.25, -0.2) is 13.8 Å². The number of aromatic nitrogens is 2. The first kappa shape index (κ1) is 21.1. The first-order chi connectivity index (χ1) is 14.3. The van der Waals surface area contributed by atoms with Crippen molar-refractivity contribution in [2.45, 2.75) is 6.43 Å². The molecule has 2 fully saturated rings. The molecule has 164 valence electrons. The third kappa shape index (κ3) is 4.04. The van der Waals surface area contributed by atoms with Crippen molar-refractivity contribution in [1.82, 2.24) is 28.4 Å². The molecule has 4 rings (SSSR count). The molecular formula is C18H24F2N6O3S. The number of hydrogen-bond donors (Lipinski definition) is 1. The number of alkyl halides is 2. The lowest BCUT2D eigenvalue weighted by molar-refractivity contribution is 0.0692. The fraction of sp³-hybridized carbons (Fsp3) is 0.556. The fourth-order valence-electron chi connectivity index (χ4n) is 3.75. The number of H-pyrrole nitrogens is 1. The van der Waals surface area contributed by atoms with Crippen LogP contribution in [0.4, 0.5) is 8.78 Å². The number of halogens is 2. The molecule has 1 aromatic carbocycles. The van der Waals surface area contributed by atoms with Crippen molar-refractivity contribution >= 4 is 27.1 Å². The monoisotopic (exact) mass is 442 g/mol. The molecule has 0 saturated carbocycles. The predicted molar refractivity (Wildman–Crippen MR) is 107 cm³/mol. The minimum absolute atomic E-state index is 0.224.